The number of nitrogens with two attached hydrogens (primary N) is 2. The quantitative estimate of drug-likeness (QED) is 0.511. The summed E-state index contributed by atoms with van der Waals surface area (Å²) in [6, 6.07) is 0. The summed E-state index contributed by atoms with van der Waals surface area (Å²) in [5, 5.41) is 0. The molecule has 0 aromatic carbocycles. The van der Waals surface area contributed by atoms with E-state index in [1.807, 2.05) is 12.4 Å². The molecule has 0 unspecified atom stereocenters. The molecule has 0 saturated heterocycles. The van der Waals surface area contributed by atoms with Crippen LogP contribution in [0.25, 0.3) is 0 Å². The number of aliphatic imine (C=N–C) groups is 2. The summed E-state index contributed by atoms with van der Waals surface area (Å²) in [7, 11) is 3.60. The van der Waals surface area contributed by atoms with Gasteiger partial charge in [0, 0.05) is 33.0 Å². The molecule has 1 aromatic heterocycles. The van der Waals surface area contributed by atoms with Gasteiger partial charge in [0.1, 0.15) is 0 Å². The van der Waals surface area contributed by atoms with Gasteiger partial charge in [-0.3, -0.25) is 4.99 Å². The van der Waals surface area contributed by atoms with Crippen molar-refractivity contribution >= 4 is 11.9 Å². The third-order valence-corrected chi connectivity index (χ3v) is 2.41. The van der Waals surface area contributed by atoms with Crippen LogP contribution in [0, 0.1) is 6.92 Å². The fraction of sp³-hybridized carbons (Fsp3) is 0.455. The topological polar surface area (TPSA) is 95.8 Å². The van der Waals surface area contributed by atoms with Crippen LogP contribution in [0.4, 0.5) is 0 Å². The average Bonchev–Trinajstić information content (AvgIpc) is 2.64. The van der Waals surface area contributed by atoms with Crippen molar-refractivity contribution in [2.75, 3.05) is 20.6 Å². The smallest absolute Gasteiger partial charge is 0.218 e. The number of hydrogen-bond acceptors (Lipinski definition) is 1. The third-order valence-electron chi connectivity index (χ3n) is 2.41. The Morgan fingerprint density at radius 1 is 1.35 bits per heavy atom. The predicted octanol–water partition coefficient (Wildman–Crippen LogP) is 0.0566. The molecule has 0 aliphatic heterocycles. The molecule has 0 aliphatic rings. The van der Waals surface area contributed by atoms with E-state index in [9.17, 15) is 0 Å². The van der Waals surface area contributed by atoms with Gasteiger partial charge >= 0.3 is 0 Å². The van der Waals surface area contributed by atoms with Crippen LogP contribution in [0.2, 0.25) is 0 Å². The van der Waals surface area contributed by atoms with Crippen LogP contribution in [0.15, 0.2) is 22.4 Å². The van der Waals surface area contributed by atoms with Gasteiger partial charge in [0.2, 0.25) is 5.96 Å². The highest BCUT2D eigenvalue weighted by Crippen LogP contribution is 2.06. The molecule has 0 saturated carbocycles. The normalized spacial score (nSPS) is 12.9. The van der Waals surface area contributed by atoms with Crippen LogP contribution in [0.5, 0.6) is 0 Å². The van der Waals surface area contributed by atoms with Crippen LogP contribution in [0.1, 0.15) is 11.1 Å². The first-order valence-corrected chi connectivity index (χ1v) is 5.44. The minimum Gasteiger partial charge on any atom is -0.369 e. The Hall–Kier alpha value is -1.98. The predicted molar refractivity (Wildman–Crippen MR) is 71.0 cm³/mol. The summed E-state index contributed by atoms with van der Waals surface area (Å²) >= 11 is 0. The van der Waals surface area contributed by atoms with Gasteiger partial charge in [-0.05, 0) is 24.5 Å². The van der Waals surface area contributed by atoms with Crippen molar-refractivity contribution in [2.24, 2.45) is 21.5 Å². The number of aromatic amines is 1. The van der Waals surface area contributed by atoms with Gasteiger partial charge < -0.3 is 21.4 Å². The van der Waals surface area contributed by atoms with E-state index in [-0.39, 0.29) is 5.96 Å². The minimum absolute atomic E-state index is 0.212. The number of nitrogens with one attached hydrogen (secondary N) is 1. The highest BCUT2D eigenvalue weighted by molar-refractivity contribution is 5.93. The van der Waals surface area contributed by atoms with Crippen molar-refractivity contribution in [1.82, 2.24) is 9.88 Å². The Morgan fingerprint density at radius 2 is 2.06 bits per heavy atom. The van der Waals surface area contributed by atoms with Crippen molar-refractivity contribution in [3.63, 3.8) is 0 Å². The molecule has 94 valence electrons. The number of H-pyrrole nitrogens is 1. The van der Waals surface area contributed by atoms with Gasteiger partial charge in [-0.15, -0.1) is 0 Å². The average molecular weight is 236 g/mol. The summed E-state index contributed by atoms with van der Waals surface area (Å²) in [6.45, 7) is 2.66. The van der Waals surface area contributed by atoms with E-state index in [1.54, 1.807) is 19.0 Å². The molecule has 0 amide bonds. The van der Waals surface area contributed by atoms with Crippen LogP contribution in [-0.4, -0.2) is 42.4 Å². The van der Waals surface area contributed by atoms with Gasteiger partial charge in [0.15, 0.2) is 5.96 Å². The first-order valence-electron chi connectivity index (χ1n) is 5.44. The maximum Gasteiger partial charge on any atom is 0.218 e. The second-order valence-electron chi connectivity index (χ2n) is 4.02. The highest BCUT2D eigenvalue weighted by Gasteiger charge is 1.99. The monoisotopic (exact) mass is 236 g/mol. The molecule has 0 atom stereocenters. The number of nitrogens with zero attached hydrogens (tertiary/aromatic N) is 3. The van der Waals surface area contributed by atoms with Gasteiger partial charge in [0.25, 0.3) is 0 Å². The fourth-order valence-electron chi connectivity index (χ4n) is 1.29. The molecule has 0 fully saturated rings. The first-order chi connectivity index (χ1) is 8.00. The first kappa shape index (κ1) is 13.1. The number of hydrogen-bond donors (Lipinski definition) is 3. The third kappa shape index (κ3) is 4.18. The summed E-state index contributed by atoms with van der Waals surface area (Å²) in [5.41, 5.74) is 13.7. The lowest BCUT2D eigenvalue weighted by molar-refractivity contribution is 0.615. The van der Waals surface area contributed by atoms with Crippen molar-refractivity contribution in [3.05, 3.63) is 23.5 Å². The molecule has 1 heterocycles. The van der Waals surface area contributed by atoms with E-state index in [0.29, 0.717) is 12.5 Å². The van der Waals surface area contributed by atoms with Crippen molar-refractivity contribution in [1.29, 1.82) is 0 Å². The van der Waals surface area contributed by atoms with E-state index in [4.69, 9.17) is 11.5 Å². The van der Waals surface area contributed by atoms with E-state index in [0.717, 1.165) is 6.42 Å². The molecule has 6 heteroatoms. The number of guanidine groups is 2. The number of rotatable bonds is 3. The molecular weight excluding hydrogens is 216 g/mol. The second kappa shape index (κ2) is 5.93. The molecule has 6 nitrogen and oxygen atoms in total. The van der Waals surface area contributed by atoms with Crippen LogP contribution < -0.4 is 11.5 Å². The maximum atomic E-state index is 5.64. The Balaban J connectivity index is 2.49. The van der Waals surface area contributed by atoms with Crippen LogP contribution in [-0.2, 0) is 6.42 Å². The number of aromatic nitrogens is 1. The molecule has 1 rings (SSSR count). The second-order valence-corrected chi connectivity index (χ2v) is 4.02. The minimum atomic E-state index is 0.212. The SMILES string of the molecule is Cc1c[nH]cc1CCN=C(N)/N=C(\N)N(C)C. The van der Waals surface area contributed by atoms with E-state index >= 15 is 0 Å². The molecule has 17 heavy (non-hydrogen) atoms. The van der Waals surface area contributed by atoms with Crippen molar-refractivity contribution < 1.29 is 0 Å². The van der Waals surface area contributed by atoms with Crippen molar-refractivity contribution in [3.8, 4) is 0 Å². The summed E-state index contributed by atoms with van der Waals surface area (Å²) < 4.78 is 0. The summed E-state index contributed by atoms with van der Waals surface area (Å²) in [5.74, 6) is 0.563. The van der Waals surface area contributed by atoms with E-state index < -0.39 is 0 Å². The summed E-state index contributed by atoms with van der Waals surface area (Å²) in [4.78, 5) is 12.8. The Bertz CT molecular complexity index is 415. The molecule has 0 bridgehead atoms. The summed E-state index contributed by atoms with van der Waals surface area (Å²) in [6.07, 6.45) is 4.77. The lowest BCUT2D eigenvalue weighted by Crippen LogP contribution is -2.32. The molecular formula is C11H20N6. The molecule has 0 spiro atoms. The zero-order valence-electron chi connectivity index (χ0n) is 10.6. The van der Waals surface area contributed by atoms with Gasteiger partial charge in [-0.25, -0.2) is 0 Å². The van der Waals surface area contributed by atoms with Crippen molar-refractivity contribution in [2.45, 2.75) is 13.3 Å². The Kier molecular flexibility index (Phi) is 4.56. The highest BCUT2D eigenvalue weighted by atomic mass is 15.2. The molecule has 5 N–H and O–H groups in total. The zero-order chi connectivity index (χ0) is 12.8. The Labute approximate surface area is 101 Å². The van der Waals surface area contributed by atoms with Gasteiger partial charge in [-0.1, -0.05) is 0 Å². The van der Waals surface area contributed by atoms with Gasteiger partial charge in [0.05, 0.1) is 0 Å². The van der Waals surface area contributed by atoms with E-state index in [1.165, 1.54) is 11.1 Å². The zero-order valence-corrected chi connectivity index (χ0v) is 10.6. The lowest BCUT2D eigenvalue weighted by atomic mass is 10.1. The van der Waals surface area contributed by atoms with E-state index in [2.05, 4.69) is 21.9 Å². The number of aryl methyl sites for hydroxylation is 1. The standard InChI is InChI=1S/C11H20N6/c1-8-6-14-7-9(8)4-5-15-10(12)16-11(13)17(2)3/h6-7,14H,4-5H2,1-3H3,(H4,12,13,15,16). The Morgan fingerprint density at radius 3 is 2.59 bits per heavy atom. The van der Waals surface area contributed by atoms with Crippen LogP contribution >= 0.6 is 0 Å². The molecule has 1 aromatic rings. The molecule has 0 aliphatic carbocycles. The maximum absolute atomic E-state index is 5.64. The largest absolute Gasteiger partial charge is 0.369 e. The lowest BCUT2D eigenvalue weighted by Gasteiger charge is -2.09. The van der Waals surface area contributed by atoms with Crippen LogP contribution in [0.3, 0.4) is 0 Å². The fourth-order valence-corrected chi connectivity index (χ4v) is 1.29. The van der Waals surface area contributed by atoms with Gasteiger partial charge in [-0.2, -0.15) is 4.99 Å². The molecule has 0 radical (unpaired) electrons.